The van der Waals surface area contributed by atoms with Crippen molar-refractivity contribution < 1.29 is 34.0 Å². The fraction of sp³-hybridized carbons (Fsp3) is 0.286. The van der Waals surface area contributed by atoms with E-state index in [1.165, 1.54) is 6.21 Å². The molecular weight excluding hydrogens is 546 g/mol. The van der Waals surface area contributed by atoms with Gasteiger partial charge in [0.2, 0.25) is 0 Å². The number of nitrogens with zero attached hydrogens (tertiary/aromatic N) is 1. The highest BCUT2D eigenvalue weighted by atomic mass is 16.6. The van der Waals surface area contributed by atoms with Gasteiger partial charge in [0.25, 0.3) is 0 Å². The van der Waals surface area contributed by atoms with E-state index in [2.05, 4.69) is 5.16 Å². The molecular formula is C35H39NO7. The maximum atomic E-state index is 11.4. The number of methoxy groups -OCH3 is 1. The Bertz CT molecular complexity index is 1320. The minimum atomic E-state index is -1.36. The summed E-state index contributed by atoms with van der Waals surface area (Å²) in [6, 6.07) is 36.4. The number of rotatable bonds is 18. The number of aliphatic hydroxyl groups excluding tert-OH is 2. The molecule has 0 heterocycles. The van der Waals surface area contributed by atoms with E-state index < -0.39 is 24.4 Å². The van der Waals surface area contributed by atoms with Crippen LogP contribution in [0.5, 0.6) is 5.75 Å². The van der Waals surface area contributed by atoms with Gasteiger partial charge >= 0.3 is 0 Å². The second kappa shape index (κ2) is 17.8. The van der Waals surface area contributed by atoms with Crippen LogP contribution in [0.25, 0.3) is 0 Å². The Labute approximate surface area is 253 Å². The van der Waals surface area contributed by atoms with Crippen LogP contribution in [0.1, 0.15) is 22.3 Å². The first-order valence-corrected chi connectivity index (χ1v) is 14.2. The first-order valence-electron chi connectivity index (χ1n) is 14.2. The van der Waals surface area contributed by atoms with Crippen molar-refractivity contribution in [3.05, 3.63) is 138 Å². The van der Waals surface area contributed by atoms with Crippen molar-refractivity contribution in [1.29, 1.82) is 0 Å². The first kappa shape index (κ1) is 31.9. The van der Waals surface area contributed by atoms with E-state index in [4.69, 9.17) is 23.8 Å². The summed E-state index contributed by atoms with van der Waals surface area (Å²) in [6.07, 6.45) is -3.00. The zero-order valence-electron chi connectivity index (χ0n) is 24.3. The van der Waals surface area contributed by atoms with Crippen molar-refractivity contribution in [2.24, 2.45) is 5.16 Å². The van der Waals surface area contributed by atoms with Gasteiger partial charge in [-0.3, -0.25) is 0 Å². The van der Waals surface area contributed by atoms with Crippen molar-refractivity contribution in [1.82, 2.24) is 0 Å². The topological polar surface area (TPSA) is 99.0 Å². The Morgan fingerprint density at radius 1 is 0.628 bits per heavy atom. The van der Waals surface area contributed by atoms with E-state index in [1.54, 1.807) is 7.11 Å². The van der Waals surface area contributed by atoms with Crippen molar-refractivity contribution in [2.75, 3.05) is 13.7 Å². The fourth-order valence-electron chi connectivity index (χ4n) is 4.27. The lowest BCUT2D eigenvalue weighted by Crippen LogP contribution is -2.49. The predicted molar refractivity (Wildman–Crippen MR) is 164 cm³/mol. The molecule has 4 rings (SSSR count). The Morgan fingerprint density at radius 3 is 1.70 bits per heavy atom. The van der Waals surface area contributed by atoms with Gasteiger partial charge in [0, 0.05) is 0 Å². The molecule has 226 valence electrons. The average Bonchev–Trinajstić information content (AvgIpc) is 3.06. The highest BCUT2D eigenvalue weighted by Gasteiger charge is 2.34. The lowest BCUT2D eigenvalue weighted by Gasteiger charge is -2.31. The normalized spacial score (nSPS) is 14.2. The predicted octanol–water partition coefficient (Wildman–Crippen LogP) is 5.31. The molecule has 4 aromatic carbocycles. The molecule has 0 radical (unpaired) electrons. The molecule has 8 heteroatoms. The zero-order valence-corrected chi connectivity index (χ0v) is 24.3. The van der Waals surface area contributed by atoms with Gasteiger partial charge in [-0.15, -0.1) is 0 Å². The Hall–Kier alpha value is -4.05. The molecule has 0 spiro atoms. The van der Waals surface area contributed by atoms with E-state index in [1.807, 2.05) is 115 Å². The summed E-state index contributed by atoms with van der Waals surface area (Å²) in [5.41, 5.74) is 3.71. The van der Waals surface area contributed by atoms with Crippen LogP contribution in [0.2, 0.25) is 0 Å². The van der Waals surface area contributed by atoms with Gasteiger partial charge in [-0.25, -0.2) is 0 Å². The monoisotopic (exact) mass is 585 g/mol. The van der Waals surface area contributed by atoms with Crippen LogP contribution in [0.3, 0.4) is 0 Å². The van der Waals surface area contributed by atoms with Crippen LogP contribution < -0.4 is 4.74 Å². The van der Waals surface area contributed by atoms with Crippen molar-refractivity contribution in [2.45, 2.75) is 50.8 Å². The molecule has 0 aromatic heterocycles. The van der Waals surface area contributed by atoms with E-state index in [-0.39, 0.29) is 33.0 Å². The molecule has 4 atom stereocenters. The number of hydrogen-bond donors (Lipinski definition) is 2. The van der Waals surface area contributed by atoms with E-state index in [9.17, 15) is 10.2 Å². The lowest BCUT2D eigenvalue weighted by atomic mass is 10.0. The van der Waals surface area contributed by atoms with Crippen LogP contribution in [-0.2, 0) is 45.5 Å². The number of hydrogen-bond acceptors (Lipinski definition) is 8. The third-order valence-corrected chi connectivity index (χ3v) is 6.70. The minimum Gasteiger partial charge on any atom is -0.497 e. The highest BCUT2D eigenvalue weighted by Crippen LogP contribution is 2.18. The molecule has 0 aliphatic carbocycles. The van der Waals surface area contributed by atoms with Gasteiger partial charge in [0.1, 0.15) is 36.8 Å². The Morgan fingerprint density at radius 2 is 1.14 bits per heavy atom. The summed E-state index contributed by atoms with van der Waals surface area (Å²) in [5.74, 6) is 0.744. The van der Waals surface area contributed by atoms with E-state index in [0.717, 1.165) is 28.0 Å². The molecule has 8 nitrogen and oxygen atoms in total. The lowest BCUT2D eigenvalue weighted by molar-refractivity contribution is -0.150. The molecule has 2 N–H and O–H groups in total. The van der Waals surface area contributed by atoms with Crippen LogP contribution in [0.4, 0.5) is 0 Å². The average molecular weight is 586 g/mol. The fourth-order valence-corrected chi connectivity index (χ4v) is 4.27. The quantitative estimate of drug-likeness (QED) is 0.121. The summed E-state index contributed by atoms with van der Waals surface area (Å²) in [4.78, 5) is 5.54. The van der Waals surface area contributed by atoms with Crippen LogP contribution in [-0.4, -0.2) is 54.6 Å². The largest absolute Gasteiger partial charge is 0.497 e. The van der Waals surface area contributed by atoms with Crippen molar-refractivity contribution >= 4 is 6.21 Å². The molecule has 4 aromatic rings. The van der Waals surface area contributed by atoms with Gasteiger partial charge in [-0.1, -0.05) is 108 Å². The van der Waals surface area contributed by atoms with Gasteiger partial charge in [0.15, 0.2) is 0 Å². The summed E-state index contributed by atoms with van der Waals surface area (Å²) >= 11 is 0. The first-order chi connectivity index (χ1) is 21.1. The number of oxime groups is 1. The van der Waals surface area contributed by atoms with Crippen molar-refractivity contribution in [3.63, 3.8) is 0 Å². The third-order valence-electron chi connectivity index (χ3n) is 6.70. The van der Waals surface area contributed by atoms with Gasteiger partial charge < -0.3 is 34.0 Å². The maximum Gasteiger partial charge on any atom is 0.142 e. The van der Waals surface area contributed by atoms with E-state index >= 15 is 0 Å². The molecule has 0 bridgehead atoms. The van der Waals surface area contributed by atoms with Crippen molar-refractivity contribution in [3.8, 4) is 5.75 Å². The van der Waals surface area contributed by atoms with Gasteiger partial charge in [-0.2, -0.15) is 0 Å². The van der Waals surface area contributed by atoms with Crippen LogP contribution >= 0.6 is 0 Å². The second-order valence-electron chi connectivity index (χ2n) is 9.96. The van der Waals surface area contributed by atoms with Crippen LogP contribution in [0.15, 0.2) is 120 Å². The molecule has 0 aliphatic rings. The summed E-state index contributed by atoms with van der Waals surface area (Å²) in [5, 5.41) is 26.5. The molecule has 0 fully saturated rings. The number of aliphatic hydroxyl groups is 2. The SMILES string of the molecule is COc1ccc(COC[C@@H](O)[C@@H](O)[C@H](OCc2ccccc2)[C@H](/C=N/OCc2ccccc2)OCc2ccccc2)cc1. The Balaban J connectivity index is 1.46. The van der Waals surface area contributed by atoms with Crippen LogP contribution in [0, 0.1) is 0 Å². The summed E-state index contributed by atoms with van der Waals surface area (Å²) in [6.45, 7) is 0.824. The van der Waals surface area contributed by atoms with Gasteiger partial charge in [-0.05, 0) is 34.4 Å². The molecule has 0 aliphatic heterocycles. The Kier molecular flexibility index (Phi) is 13.2. The smallest absolute Gasteiger partial charge is 0.142 e. The summed E-state index contributed by atoms with van der Waals surface area (Å²) < 4.78 is 23.4. The molecule has 43 heavy (non-hydrogen) atoms. The van der Waals surface area contributed by atoms with Gasteiger partial charge in [0.05, 0.1) is 39.8 Å². The molecule has 0 unspecified atom stereocenters. The number of ether oxygens (including phenoxy) is 4. The molecule has 0 amide bonds. The number of benzene rings is 4. The van der Waals surface area contributed by atoms with E-state index in [0.29, 0.717) is 0 Å². The third kappa shape index (κ3) is 10.9. The molecule has 0 saturated carbocycles. The zero-order chi connectivity index (χ0) is 30.1. The minimum absolute atomic E-state index is 0.120. The standard InChI is InChI=1S/C35H39NO7/c1-39-31-19-17-30(18-20-31)22-40-26-32(37)34(38)35(42-24-28-13-7-3-8-14-28)33(41-23-27-11-5-2-6-12-27)21-36-43-25-29-15-9-4-10-16-29/h2-21,32-35,37-38H,22-26H2,1H3/b36-21+/t32-,33+,34-,35-/m1/s1. The highest BCUT2D eigenvalue weighted by molar-refractivity contribution is 5.63. The second-order valence-corrected chi connectivity index (χ2v) is 9.96. The molecule has 0 saturated heterocycles. The summed E-state index contributed by atoms with van der Waals surface area (Å²) in [7, 11) is 1.61. The maximum absolute atomic E-state index is 11.4.